The van der Waals surface area contributed by atoms with Crippen LogP contribution in [0, 0.1) is 5.92 Å². The van der Waals surface area contributed by atoms with Gasteiger partial charge in [-0.1, -0.05) is 5.16 Å². The normalized spacial score (nSPS) is 17.8. The third kappa shape index (κ3) is 3.79. The van der Waals surface area contributed by atoms with E-state index >= 15 is 4.39 Å². The number of pyridine rings is 1. The predicted molar refractivity (Wildman–Crippen MR) is 97.3 cm³/mol. The molecular formula is C17H21FN4O5S. The summed E-state index contributed by atoms with van der Waals surface area (Å²) >= 11 is 0. The number of urea groups is 1. The van der Waals surface area contributed by atoms with Gasteiger partial charge < -0.3 is 14.2 Å². The molecule has 0 bridgehead atoms. The van der Waals surface area contributed by atoms with Gasteiger partial charge in [-0.05, 0) is 25.8 Å². The second kappa shape index (κ2) is 7.74. The number of carbonyl (C=O) groups is 1. The number of piperidine rings is 1. The number of hydrogen-bond acceptors (Lipinski definition) is 7. The molecular weight excluding hydrogens is 391 g/mol. The number of methoxy groups -OCH3 is 1. The lowest BCUT2D eigenvalue weighted by atomic mass is 9.92. The molecule has 28 heavy (non-hydrogen) atoms. The van der Waals surface area contributed by atoms with Crippen LogP contribution < -0.4 is 10.1 Å². The third-order valence-electron chi connectivity index (χ3n) is 4.94. The highest BCUT2D eigenvalue weighted by Gasteiger charge is 2.48. The number of likely N-dealkylation sites (tertiary alicyclic amines) is 1. The van der Waals surface area contributed by atoms with Crippen LogP contribution in [-0.2, 0) is 9.84 Å². The minimum atomic E-state index is -4.27. The van der Waals surface area contributed by atoms with E-state index in [4.69, 9.17) is 4.74 Å². The zero-order chi connectivity index (χ0) is 20.4. The van der Waals surface area contributed by atoms with Crippen LogP contribution >= 0.6 is 0 Å². The van der Waals surface area contributed by atoms with Crippen molar-refractivity contribution < 1.29 is 26.9 Å². The number of ether oxygens (including phenoxy) is 1. The molecule has 1 aliphatic rings. The molecule has 0 saturated carbocycles. The average molecular weight is 412 g/mol. The SMILES string of the molecule is COc1ccc(S(=O)(=O)[C@@](C)(F)C2CCN(C(=O)Nc3ccon3)CC2)cn1. The number of sulfone groups is 1. The number of rotatable bonds is 5. The molecule has 9 nitrogen and oxygen atoms in total. The molecule has 0 aliphatic carbocycles. The van der Waals surface area contributed by atoms with Crippen molar-refractivity contribution in [3.8, 4) is 5.88 Å². The van der Waals surface area contributed by atoms with E-state index < -0.39 is 26.8 Å². The van der Waals surface area contributed by atoms with Crippen molar-refractivity contribution in [2.75, 3.05) is 25.5 Å². The van der Waals surface area contributed by atoms with Gasteiger partial charge in [0.25, 0.3) is 0 Å². The van der Waals surface area contributed by atoms with Gasteiger partial charge in [0, 0.05) is 37.3 Å². The molecule has 2 aromatic rings. The van der Waals surface area contributed by atoms with Gasteiger partial charge >= 0.3 is 6.03 Å². The van der Waals surface area contributed by atoms with Gasteiger partial charge in [-0.2, -0.15) is 0 Å². The van der Waals surface area contributed by atoms with E-state index in [-0.39, 0.29) is 42.5 Å². The molecule has 0 unspecified atom stereocenters. The molecule has 3 rings (SSSR count). The van der Waals surface area contributed by atoms with Gasteiger partial charge in [0.05, 0.1) is 12.0 Å². The smallest absolute Gasteiger partial charge is 0.323 e. The summed E-state index contributed by atoms with van der Waals surface area (Å²) in [5.74, 6) is -0.237. The number of anilines is 1. The molecule has 0 spiro atoms. The minimum Gasteiger partial charge on any atom is -0.481 e. The largest absolute Gasteiger partial charge is 0.481 e. The van der Waals surface area contributed by atoms with E-state index in [0.29, 0.717) is 0 Å². The molecule has 11 heteroatoms. The Kier molecular flexibility index (Phi) is 5.54. The summed E-state index contributed by atoms with van der Waals surface area (Å²) in [7, 11) is -2.86. The molecule has 2 aromatic heterocycles. The van der Waals surface area contributed by atoms with E-state index in [9.17, 15) is 13.2 Å². The van der Waals surface area contributed by atoms with Crippen molar-refractivity contribution in [1.29, 1.82) is 0 Å². The number of nitrogens with zero attached hydrogens (tertiary/aromatic N) is 3. The fourth-order valence-electron chi connectivity index (χ4n) is 3.16. The Morgan fingerprint density at radius 3 is 2.61 bits per heavy atom. The molecule has 1 fully saturated rings. The molecule has 1 atom stereocenters. The molecule has 152 valence electrons. The summed E-state index contributed by atoms with van der Waals surface area (Å²) in [6, 6.07) is 3.76. The van der Waals surface area contributed by atoms with Crippen molar-refractivity contribution in [2.24, 2.45) is 5.92 Å². The lowest BCUT2D eigenvalue weighted by Crippen LogP contribution is -2.48. The molecule has 1 saturated heterocycles. The van der Waals surface area contributed by atoms with Crippen LogP contribution in [0.4, 0.5) is 15.0 Å². The van der Waals surface area contributed by atoms with Gasteiger partial charge in [-0.25, -0.2) is 22.6 Å². The standard InChI is InChI=1S/C17H21FN4O5S/c1-17(18,28(24,25)13-3-4-15(26-2)19-11-13)12-5-8-22(9-6-12)16(23)20-14-7-10-27-21-14/h3-4,7,10-12H,5-6,8-9H2,1-2H3,(H,20,21,23)/t17-/m1/s1. The van der Waals surface area contributed by atoms with Crippen LogP contribution in [-0.4, -0.2) is 54.7 Å². The minimum absolute atomic E-state index is 0.204. The average Bonchev–Trinajstić information content (AvgIpc) is 3.21. The van der Waals surface area contributed by atoms with E-state index in [1.54, 1.807) is 0 Å². The third-order valence-corrected chi connectivity index (χ3v) is 7.18. The van der Waals surface area contributed by atoms with E-state index in [1.807, 2.05) is 0 Å². The van der Waals surface area contributed by atoms with Crippen LogP contribution in [0.15, 0.2) is 40.1 Å². The van der Waals surface area contributed by atoms with Gasteiger partial charge in [-0.3, -0.25) is 5.32 Å². The first kappa shape index (κ1) is 20.1. The molecule has 0 radical (unpaired) electrons. The summed E-state index contributed by atoms with van der Waals surface area (Å²) in [5.41, 5.74) is 0. The zero-order valence-electron chi connectivity index (χ0n) is 15.5. The second-order valence-electron chi connectivity index (χ2n) is 6.60. The highest BCUT2D eigenvalue weighted by Crippen LogP contribution is 2.39. The maximum atomic E-state index is 15.5. The number of carbonyl (C=O) groups excluding carboxylic acids is 1. The maximum absolute atomic E-state index is 15.5. The van der Waals surface area contributed by atoms with Gasteiger partial charge in [0.2, 0.25) is 20.7 Å². The molecule has 2 amide bonds. The number of alkyl halides is 1. The number of hydrogen-bond donors (Lipinski definition) is 1. The van der Waals surface area contributed by atoms with Crippen molar-refractivity contribution in [1.82, 2.24) is 15.0 Å². The zero-order valence-corrected chi connectivity index (χ0v) is 16.3. The maximum Gasteiger partial charge on any atom is 0.323 e. The summed E-state index contributed by atoms with van der Waals surface area (Å²) in [4.78, 5) is 17.3. The summed E-state index contributed by atoms with van der Waals surface area (Å²) in [6.45, 7) is 1.52. The Morgan fingerprint density at radius 2 is 2.07 bits per heavy atom. The summed E-state index contributed by atoms with van der Waals surface area (Å²) in [5, 5.41) is 3.67. The monoisotopic (exact) mass is 412 g/mol. The fourth-order valence-corrected chi connectivity index (χ4v) is 4.73. The van der Waals surface area contributed by atoms with E-state index in [1.165, 1.54) is 36.5 Å². The highest BCUT2D eigenvalue weighted by atomic mass is 32.2. The van der Waals surface area contributed by atoms with E-state index in [2.05, 4.69) is 20.0 Å². The Morgan fingerprint density at radius 1 is 1.36 bits per heavy atom. The van der Waals surface area contributed by atoms with Crippen LogP contribution in [0.2, 0.25) is 0 Å². The number of nitrogens with one attached hydrogen (secondary N) is 1. The topological polar surface area (TPSA) is 115 Å². The van der Waals surface area contributed by atoms with Crippen LogP contribution in [0.1, 0.15) is 19.8 Å². The first-order valence-corrected chi connectivity index (χ1v) is 10.1. The van der Waals surface area contributed by atoms with Gasteiger partial charge in [-0.15, -0.1) is 0 Å². The Hall–Kier alpha value is -2.69. The fraction of sp³-hybridized carbons (Fsp3) is 0.471. The van der Waals surface area contributed by atoms with Crippen LogP contribution in [0.5, 0.6) is 5.88 Å². The van der Waals surface area contributed by atoms with Crippen molar-refractivity contribution in [3.05, 3.63) is 30.7 Å². The Bertz CT molecular complexity index is 908. The predicted octanol–water partition coefficient (Wildman–Crippen LogP) is 2.48. The molecule has 0 aromatic carbocycles. The Labute approximate surface area is 161 Å². The number of amides is 2. The highest BCUT2D eigenvalue weighted by molar-refractivity contribution is 7.92. The molecule has 3 heterocycles. The first-order chi connectivity index (χ1) is 13.3. The molecule has 1 aliphatic heterocycles. The lowest BCUT2D eigenvalue weighted by molar-refractivity contribution is 0.117. The van der Waals surface area contributed by atoms with Gasteiger partial charge in [0.1, 0.15) is 6.26 Å². The summed E-state index contributed by atoms with van der Waals surface area (Å²) in [6.07, 6.45) is 2.84. The van der Waals surface area contributed by atoms with E-state index in [0.717, 1.165) is 13.1 Å². The van der Waals surface area contributed by atoms with Gasteiger partial charge in [0.15, 0.2) is 5.82 Å². The molecule has 1 N–H and O–H groups in total. The van der Waals surface area contributed by atoms with Crippen molar-refractivity contribution >= 4 is 21.7 Å². The second-order valence-corrected chi connectivity index (χ2v) is 8.88. The van der Waals surface area contributed by atoms with Crippen molar-refractivity contribution in [2.45, 2.75) is 29.7 Å². The first-order valence-electron chi connectivity index (χ1n) is 8.65. The number of halogens is 1. The van der Waals surface area contributed by atoms with Crippen LogP contribution in [0.3, 0.4) is 0 Å². The van der Waals surface area contributed by atoms with Crippen molar-refractivity contribution in [3.63, 3.8) is 0 Å². The lowest BCUT2D eigenvalue weighted by Gasteiger charge is -2.37. The Balaban J connectivity index is 1.66. The quantitative estimate of drug-likeness (QED) is 0.802. The summed E-state index contributed by atoms with van der Waals surface area (Å²) < 4.78 is 50.6. The number of aromatic nitrogens is 2. The van der Waals surface area contributed by atoms with Crippen LogP contribution in [0.25, 0.3) is 0 Å².